The molecule has 3 aromatic carbocycles. The van der Waals surface area contributed by atoms with Gasteiger partial charge in [0.15, 0.2) is 6.61 Å². The molecule has 4 aromatic rings. The summed E-state index contributed by atoms with van der Waals surface area (Å²) in [6.45, 7) is 0.444. The molecule has 0 bridgehead atoms. The third kappa shape index (κ3) is 3.23. The number of carbonyl (C=O) groups is 1. The van der Waals surface area contributed by atoms with Crippen molar-refractivity contribution >= 4 is 27.7 Å². The van der Waals surface area contributed by atoms with Gasteiger partial charge in [-0.1, -0.05) is 42.5 Å². The van der Waals surface area contributed by atoms with Crippen LogP contribution in [0, 0.1) is 11.3 Å². The largest absolute Gasteiger partial charge is 0.497 e. The number of nitrogens with zero attached hydrogens (tertiary/aromatic N) is 2. The Morgan fingerprint density at radius 3 is 2.62 bits per heavy atom. The Hall–Kier alpha value is -3.98. The summed E-state index contributed by atoms with van der Waals surface area (Å²) < 4.78 is 13.2. The van der Waals surface area contributed by atoms with E-state index in [4.69, 9.17) is 20.5 Å². The molecule has 0 aliphatic heterocycles. The molecular weight excluding hydrogens is 366 g/mol. The number of hydrogen-bond donors (Lipinski definition) is 1. The van der Waals surface area contributed by atoms with Crippen molar-refractivity contribution in [3.8, 4) is 17.6 Å². The van der Waals surface area contributed by atoms with E-state index in [9.17, 15) is 4.79 Å². The van der Waals surface area contributed by atoms with Gasteiger partial charge in [0, 0.05) is 29.4 Å². The molecule has 0 spiro atoms. The molecule has 0 aliphatic rings. The van der Waals surface area contributed by atoms with Crippen molar-refractivity contribution in [1.82, 2.24) is 4.57 Å². The van der Waals surface area contributed by atoms with E-state index in [1.54, 1.807) is 25.3 Å². The molecule has 4 rings (SSSR count). The number of ether oxygens (including phenoxy) is 2. The lowest BCUT2D eigenvalue weighted by atomic mass is 10.1. The SMILES string of the molecule is COc1cc(OCC#N)c2c3cccc(C(N)=O)c3n(Cc3ccccc3)c2c1. The summed E-state index contributed by atoms with van der Waals surface area (Å²) in [5.41, 5.74) is 8.76. The molecule has 0 saturated carbocycles. The number of primary amides is 1. The minimum atomic E-state index is -0.501. The first-order chi connectivity index (χ1) is 14.1. The fourth-order valence-electron chi connectivity index (χ4n) is 3.69. The summed E-state index contributed by atoms with van der Waals surface area (Å²) in [7, 11) is 1.58. The Labute approximate surface area is 167 Å². The monoisotopic (exact) mass is 385 g/mol. The number of rotatable bonds is 6. The number of hydrogen-bond acceptors (Lipinski definition) is 4. The lowest BCUT2D eigenvalue weighted by Gasteiger charge is -2.11. The standard InChI is InChI=1S/C23H19N3O3/c1-28-16-12-19-21(20(13-16)29-11-10-24)17-8-5-9-18(23(25)27)22(17)26(19)14-15-6-3-2-4-7-15/h2-9,12-13H,11,14H2,1H3,(H2,25,27). The van der Waals surface area contributed by atoms with Crippen LogP contribution in [0.25, 0.3) is 21.8 Å². The van der Waals surface area contributed by atoms with E-state index >= 15 is 0 Å². The van der Waals surface area contributed by atoms with Crippen molar-refractivity contribution < 1.29 is 14.3 Å². The molecule has 0 fully saturated rings. The van der Waals surface area contributed by atoms with Crippen LogP contribution in [0.2, 0.25) is 0 Å². The van der Waals surface area contributed by atoms with Crippen LogP contribution in [0.15, 0.2) is 60.7 Å². The van der Waals surface area contributed by atoms with Gasteiger partial charge < -0.3 is 19.8 Å². The van der Waals surface area contributed by atoms with Crippen molar-refractivity contribution in [1.29, 1.82) is 5.26 Å². The minimum Gasteiger partial charge on any atom is -0.497 e. The zero-order valence-corrected chi connectivity index (χ0v) is 15.9. The highest BCUT2D eigenvalue weighted by Gasteiger charge is 2.20. The smallest absolute Gasteiger partial charge is 0.250 e. The van der Waals surface area contributed by atoms with Gasteiger partial charge >= 0.3 is 0 Å². The zero-order chi connectivity index (χ0) is 20.4. The second-order valence-electron chi connectivity index (χ2n) is 6.60. The number of benzene rings is 3. The normalized spacial score (nSPS) is 10.8. The Bertz CT molecular complexity index is 1250. The number of para-hydroxylation sites is 1. The molecule has 1 aromatic heterocycles. The maximum absolute atomic E-state index is 12.2. The van der Waals surface area contributed by atoms with Crippen molar-refractivity contribution in [2.24, 2.45) is 5.73 Å². The number of fused-ring (bicyclic) bond motifs is 3. The van der Waals surface area contributed by atoms with Crippen molar-refractivity contribution in [3.05, 3.63) is 71.8 Å². The Morgan fingerprint density at radius 1 is 1.14 bits per heavy atom. The number of aromatic nitrogens is 1. The molecule has 29 heavy (non-hydrogen) atoms. The van der Waals surface area contributed by atoms with E-state index < -0.39 is 5.91 Å². The third-order valence-electron chi connectivity index (χ3n) is 4.90. The van der Waals surface area contributed by atoms with Crippen molar-refractivity contribution in [2.75, 3.05) is 13.7 Å². The van der Waals surface area contributed by atoms with Crippen LogP contribution >= 0.6 is 0 Å². The number of nitrogens with two attached hydrogens (primary N) is 1. The summed E-state index contributed by atoms with van der Waals surface area (Å²) >= 11 is 0. The van der Waals surface area contributed by atoms with Crippen LogP contribution < -0.4 is 15.2 Å². The second kappa shape index (κ2) is 7.56. The molecule has 0 saturated heterocycles. The van der Waals surface area contributed by atoms with Crippen molar-refractivity contribution in [2.45, 2.75) is 6.54 Å². The number of nitriles is 1. The first kappa shape index (κ1) is 18.4. The Kier molecular flexibility index (Phi) is 4.80. The summed E-state index contributed by atoms with van der Waals surface area (Å²) in [6.07, 6.45) is 0. The van der Waals surface area contributed by atoms with E-state index in [2.05, 4.69) is 0 Å². The fourth-order valence-corrected chi connectivity index (χ4v) is 3.69. The first-order valence-corrected chi connectivity index (χ1v) is 9.10. The van der Waals surface area contributed by atoms with Crippen LogP contribution in [0.3, 0.4) is 0 Å². The highest BCUT2D eigenvalue weighted by Crippen LogP contribution is 2.40. The van der Waals surface area contributed by atoms with Gasteiger partial charge in [0.25, 0.3) is 5.91 Å². The predicted octanol–water partition coefficient (Wildman–Crippen LogP) is 3.85. The van der Waals surface area contributed by atoms with Crippen LogP contribution in [-0.2, 0) is 6.54 Å². The Balaban J connectivity index is 2.11. The maximum Gasteiger partial charge on any atom is 0.250 e. The highest BCUT2D eigenvalue weighted by molar-refractivity contribution is 6.17. The minimum absolute atomic E-state index is 0.0941. The molecule has 6 nitrogen and oxygen atoms in total. The van der Waals surface area contributed by atoms with Crippen LogP contribution in [0.1, 0.15) is 15.9 Å². The quantitative estimate of drug-likeness (QED) is 0.546. The third-order valence-corrected chi connectivity index (χ3v) is 4.90. The van der Waals surface area contributed by atoms with Crippen LogP contribution in [-0.4, -0.2) is 24.2 Å². The lowest BCUT2D eigenvalue weighted by Crippen LogP contribution is -2.13. The van der Waals surface area contributed by atoms with Crippen LogP contribution in [0.4, 0.5) is 0 Å². The molecule has 144 valence electrons. The van der Waals surface area contributed by atoms with E-state index in [1.807, 2.05) is 53.1 Å². The van der Waals surface area contributed by atoms with Gasteiger partial charge in [0.1, 0.15) is 17.6 Å². The van der Waals surface area contributed by atoms with E-state index in [0.717, 1.165) is 27.4 Å². The zero-order valence-electron chi connectivity index (χ0n) is 15.9. The number of methoxy groups -OCH3 is 1. The van der Waals surface area contributed by atoms with Gasteiger partial charge in [-0.2, -0.15) is 5.26 Å². The molecular formula is C23H19N3O3. The van der Waals surface area contributed by atoms with E-state index in [1.165, 1.54) is 0 Å². The molecule has 0 unspecified atom stereocenters. The average molecular weight is 385 g/mol. The second-order valence-corrected chi connectivity index (χ2v) is 6.60. The molecule has 0 radical (unpaired) electrons. The predicted molar refractivity (Wildman–Crippen MR) is 111 cm³/mol. The van der Waals surface area contributed by atoms with Crippen LogP contribution in [0.5, 0.6) is 11.5 Å². The lowest BCUT2D eigenvalue weighted by molar-refractivity contribution is 0.100. The number of carbonyl (C=O) groups excluding carboxylic acids is 1. The van der Waals surface area contributed by atoms with E-state index in [0.29, 0.717) is 23.6 Å². The summed E-state index contributed by atoms with van der Waals surface area (Å²) in [5.74, 6) is 0.627. The topological polar surface area (TPSA) is 90.3 Å². The molecule has 1 amide bonds. The highest BCUT2D eigenvalue weighted by atomic mass is 16.5. The van der Waals surface area contributed by atoms with Gasteiger partial charge in [0.05, 0.1) is 23.7 Å². The molecule has 0 atom stereocenters. The molecule has 0 aliphatic carbocycles. The molecule has 6 heteroatoms. The Morgan fingerprint density at radius 2 is 1.93 bits per heavy atom. The average Bonchev–Trinajstić information content (AvgIpc) is 3.06. The van der Waals surface area contributed by atoms with Gasteiger partial charge in [-0.05, 0) is 11.6 Å². The van der Waals surface area contributed by atoms with Gasteiger partial charge in [0.2, 0.25) is 0 Å². The molecule has 2 N–H and O–H groups in total. The summed E-state index contributed by atoms with van der Waals surface area (Å²) in [4.78, 5) is 12.2. The summed E-state index contributed by atoms with van der Waals surface area (Å²) in [6, 6.07) is 21.1. The molecule has 1 heterocycles. The first-order valence-electron chi connectivity index (χ1n) is 9.10. The fraction of sp³-hybridized carbons (Fsp3) is 0.130. The van der Waals surface area contributed by atoms with Gasteiger partial charge in [-0.25, -0.2) is 0 Å². The number of amides is 1. The van der Waals surface area contributed by atoms with Crippen molar-refractivity contribution in [3.63, 3.8) is 0 Å². The summed E-state index contributed by atoms with van der Waals surface area (Å²) in [5, 5.41) is 10.6. The maximum atomic E-state index is 12.2. The van der Waals surface area contributed by atoms with Gasteiger partial charge in [-0.15, -0.1) is 0 Å². The van der Waals surface area contributed by atoms with Gasteiger partial charge in [-0.3, -0.25) is 4.79 Å². The van der Waals surface area contributed by atoms with E-state index in [-0.39, 0.29) is 6.61 Å².